The molecule has 1 aromatic heterocycles. The third-order valence-corrected chi connectivity index (χ3v) is 4.42. The lowest BCUT2D eigenvalue weighted by atomic mass is 10.1. The van der Waals surface area contributed by atoms with Gasteiger partial charge in [0, 0.05) is 18.7 Å². The van der Waals surface area contributed by atoms with E-state index in [1.165, 1.54) is 0 Å². The number of likely N-dealkylation sites (N-methyl/N-ethyl adjacent to an activating group) is 1. The van der Waals surface area contributed by atoms with Gasteiger partial charge in [-0.1, -0.05) is 24.3 Å². The van der Waals surface area contributed by atoms with Gasteiger partial charge >= 0.3 is 0 Å². The van der Waals surface area contributed by atoms with E-state index >= 15 is 0 Å². The molecule has 0 fully saturated rings. The summed E-state index contributed by atoms with van der Waals surface area (Å²) >= 11 is 0. The van der Waals surface area contributed by atoms with Crippen LogP contribution in [0, 0.1) is 6.92 Å². The van der Waals surface area contributed by atoms with E-state index in [4.69, 9.17) is 0 Å². The normalized spacial score (nSPS) is 11.1. The highest BCUT2D eigenvalue weighted by atomic mass is 16.1. The van der Waals surface area contributed by atoms with Gasteiger partial charge in [-0.25, -0.2) is 4.98 Å². The fourth-order valence-electron chi connectivity index (χ4n) is 2.92. The van der Waals surface area contributed by atoms with Gasteiger partial charge in [-0.3, -0.25) is 9.59 Å². The number of carbonyl (C=O) groups is 1. The molecule has 2 aromatic carbocycles. The molecule has 140 valence electrons. The second kappa shape index (κ2) is 8.14. The number of amides is 1. The van der Waals surface area contributed by atoms with Crippen LogP contribution < -0.4 is 10.9 Å². The predicted octanol–water partition coefficient (Wildman–Crippen LogP) is 2.04. The summed E-state index contributed by atoms with van der Waals surface area (Å²) in [6.07, 6.45) is 0. The van der Waals surface area contributed by atoms with Crippen molar-refractivity contribution in [1.82, 2.24) is 19.8 Å². The van der Waals surface area contributed by atoms with Crippen molar-refractivity contribution in [1.29, 1.82) is 0 Å². The summed E-state index contributed by atoms with van der Waals surface area (Å²) in [4.78, 5) is 31.1. The molecule has 27 heavy (non-hydrogen) atoms. The second-order valence-electron chi connectivity index (χ2n) is 6.83. The molecular formula is C21H24N4O2. The van der Waals surface area contributed by atoms with Crippen molar-refractivity contribution in [3.05, 3.63) is 75.7 Å². The molecule has 1 amide bonds. The van der Waals surface area contributed by atoms with Gasteiger partial charge in [0.15, 0.2) is 0 Å². The summed E-state index contributed by atoms with van der Waals surface area (Å²) in [7, 11) is 3.93. The Balaban J connectivity index is 1.80. The summed E-state index contributed by atoms with van der Waals surface area (Å²) in [5.41, 5.74) is 3.55. The Kier molecular flexibility index (Phi) is 5.66. The van der Waals surface area contributed by atoms with Crippen molar-refractivity contribution in [3.63, 3.8) is 0 Å². The molecule has 0 aliphatic carbocycles. The van der Waals surface area contributed by atoms with E-state index in [0.29, 0.717) is 24.3 Å². The maximum absolute atomic E-state index is 12.6. The van der Waals surface area contributed by atoms with Gasteiger partial charge in [0.05, 0.1) is 17.6 Å². The zero-order chi connectivity index (χ0) is 19.4. The van der Waals surface area contributed by atoms with E-state index in [9.17, 15) is 9.59 Å². The summed E-state index contributed by atoms with van der Waals surface area (Å²) in [5.74, 6) is -0.0919. The van der Waals surface area contributed by atoms with Crippen LogP contribution in [0.4, 0.5) is 0 Å². The van der Waals surface area contributed by atoms with E-state index in [0.717, 1.165) is 23.1 Å². The Hall–Kier alpha value is -2.99. The number of rotatable bonds is 6. The molecule has 0 saturated carbocycles. The zero-order valence-electron chi connectivity index (χ0n) is 15.9. The van der Waals surface area contributed by atoms with Crippen LogP contribution >= 0.6 is 0 Å². The molecule has 0 aliphatic rings. The number of carbonyl (C=O) groups excluding carboxylic acids is 1. The molecule has 3 rings (SSSR count). The third kappa shape index (κ3) is 4.41. The fraction of sp³-hybridized carbons (Fsp3) is 0.286. The van der Waals surface area contributed by atoms with Gasteiger partial charge in [0.2, 0.25) is 0 Å². The molecule has 1 heterocycles. The summed E-state index contributed by atoms with van der Waals surface area (Å²) in [5, 5.41) is 2.90. The number of fused-ring (bicyclic) bond motifs is 1. The maximum Gasteiger partial charge on any atom is 0.272 e. The van der Waals surface area contributed by atoms with Crippen molar-refractivity contribution >= 4 is 16.9 Å². The third-order valence-electron chi connectivity index (χ3n) is 4.42. The minimum Gasteiger partial charge on any atom is -0.351 e. The van der Waals surface area contributed by atoms with Crippen molar-refractivity contribution in [2.75, 3.05) is 27.2 Å². The minimum absolute atomic E-state index is 0.0919. The predicted molar refractivity (Wildman–Crippen MR) is 107 cm³/mol. The maximum atomic E-state index is 12.6. The monoisotopic (exact) mass is 364 g/mol. The Morgan fingerprint density at radius 1 is 1.11 bits per heavy atom. The topological polar surface area (TPSA) is 67.2 Å². The van der Waals surface area contributed by atoms with Crippen LogP contribution in [0.3, 0.4) is 0 Å². The molecule has 1 N–H and O–H groups in total. The summed E-state index contributed by atoms with van der Waals surface area (Å²) < 4.78 is 1.73. The van der Waals surface area contributed by atoms with Crippen LogP contribution in [0.15, 0.2) is 53.3 Å². The smallest absolute Gasteiger partial charge is 0.272 e. The first kappa shape index (κ1) is 18.8. The highest BCUT2D eigenvalue weighted by molar-refractivity contribution is 5.94. The number of aromatic nitrogens is 2. The van der Waals surface area contributed by atoms with Gasteiger partial charge in [-0.15, -0.1) is 0 Å². The van der Waals surface area contributed by atoms with Crippen LogP contribution in [-0.4, -0.2) is 47.5 Å². The number of nitrogens with zero attached hydrogens (tertiary/aromatic N) is 3. The molecule has 6 nitrogen and oxygen atoms in total. The fourth-order valence-corrected chi connectivity index (χ4v) is 2.92. The van der Waals surface area contributed by atoms with E-state index in [2.05, 4.69) is 10.3 Å². The van der Waals surface area contributed by atoms with Crippen LogP contribution in [0.1, 0.15) is 21.6 Å². The van der Waals surface area contributed by atoms with Crippen molar-refractivity contribution < 1.29 is 4.79 Å². The highest BCUT2D eigenvalue weighted by Gasteiger charge is 2.09. The van der Waals surface area contributed by atoms with Gasteiger partial charge in [0.25, 0.3) is 11.5 Å². The second-order valence-corrected chi connectivity index (χ2v) is 6.83. The molecular weight excluding hydrogens is 340 g/mol. The van der Waals surface area contributed by atoms with Gasteiger partial charge in [0.1, 0.15) is 5.69 Å². The molecule has 6 heteroatoms. The summed E-state index contributed by atoms with van der Waals surface area (Å²) in [6, 6.07) is 15.0. The molecule has 0 saturated heterocycles. The van der Waals surface area contributed by atoms with Crippen LogP contribution in [0.2, 0.25) is 0 Å². The lowest BCUT2D eigenvalue weighted by molar-refractivity contribution is 0.0951. The molecule has 0 atom stereocenters. The van der Waals surface area contributed by atoms with Crippen molar-refractivity contribution in [2.24, 2.45) is 0 Å². The Labute approximate surface area is 158 Å². The Morgan fingerprint density at radius 3 is 2.52 bits per heavy atom. The number of nitrogens with one attached hydrogen (secondary N) is 1. The lowest BCUT2D eigenvalue weighted by Crippen LogP contribution is -2.31. The average molecular weight is 364 g/mol. The molecule has 0 unspecified atom stereocenters. The standard InChI is InChI=1S/C21H24N4O2/c1-15-21(27)25(19-7-5-4-6-18(19)23-15)14-16-8-10-17(11-9-16)20(26)22-12-13-24(2)3/h4-11H,12-14H2,1-3H3,(H,22,26). The molecule has 0 spiro atoms. The Morgan fingerprint density at radius 2 is 1.81 bits per heavy atom. The largest absolute Gasteiger partial charge is 0.351 e. The number of hydrogen-bond acceptors (Lipinski definition) is 4. The number of aryl methyl sites for hydroxylation is 1. The first-order valence-electron chi connectivity index (χ1n) is 8.94. The first-order valence-corrected chi connectivity index (χ1v) is 8.94. The average Bonchev–Trinajstić information content (AvgIpc) is 2.65. The quantitative estimate of drug-likeness (QED) is 0.727. The van der Waals surface area contributed by atoms with E-state index in [-0.39, 0.29) is 11.5 Å². The molecule has 3 aromatic rings. The number of benzene rings is 2. The summed E-state index contributed by atoms with van der Waals surface area (Å²) in [6.45, 7) is 3.56. The molecule has 0 aliphatic heterocycles. The molecule has 0 radical (unpaired) electrons. The van der Waals surface area contributed by atoms with Crippen LogP contribution in [0.25, 0.3) is 11.0 Å². The van der Waals surface area contributed by atoms with Crippen LogP contribution in [-0.2, 0) is 6.54 Å². The van der Waals surface area contributed by atoms with Crippen molar-refractivity contribution in [2.45, 2.75) is 13.5 Å². The minimum atomic E-state index is -0.0980. The van der Waals surface area contributed by atoms with E-state index < -0.39 is 0 Å². The van der Waals surface area contributed by atoms with Gasteiger partial charge in [-0.2, -0.15) is 0 Å². The molecule has 0 bridgehead atoms. The van der Waals surface area contributed by atoms with E-state index in [1.54, 1.807) is 23.6 Å². The zero-order valence-corrected chi connectivity index (χ0v) is 15.9. The van der Waals surface area contributed by atoms with Gasteiger partial charge < -0.3 is 14.8 Å². The van der Waals surface area contributed by atoms with Gasteiger partial charge in [-0.05, 0) is 50.8 Å². The highest BCUT2D eigenvalue weighted by Crippen LogP contribution is 2.13. The number of hydrogen-bond donors (Lipinski definition) is 1. The first-order chi connectivity index (χ1) is 13.0. The lowest BCUT2D eigenvalue weighted by Gasteiger charge is -2.12. The number of para-hydroxylation sites is 2. The van der Waals surface area contributed by atoms with Crippen molar-refractivity contribution in [3.8, 4) is 0 Å². The van der Waals surface area contributed by atoms with Crippen LogP contribution in [0.5, 0.6) is 0 Å². The SMILES string of the molecule is Cc1nc2ccccc2n(Cc2ccc(C(=O)NCCN(C)C)cc2)c1=O. The van der Waals surface area contributed by atoms with E-state index in [1.807, 2.05) is 55.4 Å². The Bertz CT molecular complexity index is 1010.